The van der Waals surface area contributed by atoms with Gasteiger partial charge in [-0.3, -0.25) is 9.69 Å². The van der Waals surface area contributed by atoms with E-state index in [0.717, 1.165) is 32.5 Å². The number of aliphatic hydroxyl groups excluding tert-OH is 1. The maximum atomic E-state index is 12.1. The summed E-state index contributed by atoms with van der Waals surface area (Å²) in [6.45, 7) is 9.25. The first-order chi connectivity index (χ1) is 10.4. The summed E-state index contributed by atoms with van der Waals surface area (Å²) in [6, 6.07) is 7.87. The third-order valence-electron chi connectivity index (χ3n) is 4.08. The van der Waals surface area contributed by atoms with Crippen molar-refractivity contribution in [2.24, 2.45) is 5.92 Å². The molecular weight excluding hydrogens is 276 g/mol. The van der Waals surface area contributed by atoms with E-state index in [1.807, 2.05) is 45.0 Å². The lowest BCUT2D eigenvalue weighted by molar-refractivity contribution is 0.0919. The van der Waals surface area contributed by atoms with Gasteiger partial charge in [-0.15, -0.1) is 0 Å². The van der Waals surface area contributed by atoms with E-state index in [1.165, 1.54) is 5.56 Å². The first-order valence-electron chi connectivity index (χ1n) is 8.12. The largest absolute Gasteiger partial charge is 0.396 e. The molecule has 0 bridgehead atoms. The van der Waals surface area contributed by atoms with Crippen molar-refractivity contribution in [2.45, 2.75) is 45.7 Å². The van der Waals surface area contributed by atoms with Gasteiger partial charge in [0.2, 0.25) is 0 Å². The van der Waals surface area contributed by atoms with Gasteiger partial charge >= 0.3 is 0 Å². The summed E-state index contributed by atoms with van der Waals surface area (Å²) in [5.74, 6) is 0.447. The highest BCUT2D eigenvalue weighted by Crippen LogP contribution is 2.18. The molecule has 1 heterocycles. The number of nitrogens with zero attached hydrogens (tertiary/aromatic N) is 1. The molecule has 4 nitrogen and oxygen atoms in total. The molecule has 2 N–H and O–H groups in total. The molecule has 1 aromatic carbocycles. The molecule has 0 radical (unpaired) electrons. The summed E-state index contributed by atoms with van der Waals surface area (Å²) in [4.78, 5) is 14.5. The standard InChI is InChI=1S/C18H28N2O2/c1-18(2,3)19-17(22)16-6-4-14(5-7-16)12-20-10-8-15(13-21)9-11-20/h4-7,15,21H,8-13H2,1-3H3,(H,19,22). The maximum Gasteiger partial charge on any atom is 0.251 e. The Bertz CT molecular complexity index is 483. The van der Waals surface area contributed by atoms with Crippen molar-refractivity contribution >= 4 is 5.91 Å². The van der Waals surface area contributed by atoms with E-state index in [4.69, 9.17) is 0 Å². The SMILES string of the molecule is CC(C)(C)NC(=O)c1ccc(CN2CCC(CO)CC2)cc1. The zero-order valence-electron chi connectivity index (χ0n) is 13.9. The van der Waals surface area contributed by atoms with Gasteiger partial charge < -0.3 is 10.4 Å². The molecule has 1 aliphatic heterocycles. The van der Waals surface area contributed by atoms with Crippen LogP contribution in [0.2, 0.25) is 0 Å². The molecule has 0 spiro atoms. The predicted octanol–water partition coefficient (Wildman–Crippen LogP) is 2.42. The van der Waals surface area contributed by atoms with Crippen molar-refractivity contribution in [1.29, 1.82) is 0 Å². The van der Waals surface area contributed by atoms with Gasteiger partial charge in [0, 0.05) is 24.3 Å². The average Bonchev–Trinajstić information content (AvgIpc) is 2.47. The van der Waals surface area contributed by atoms with Crippen LogP contribution in [0.4, 0.5) is 0 Å². The quantitative estimate of drug-likeness (QED) is 0.898. The van der Waals surface area contributed by atoms with Gasteiger partial charge in [-0.2, -0.15) is 0 Å². The number of likely N-dealkylation sites (tertiary alicyclic amines) is 1. The molecule has 0 saturated carbocycles. The fourth-order valence-corrected chi connectivity index (χ4v) is 2.76. The Kier molecular flexibility index (Phi) is 5.59. The Morgan fingerprint density at radius 1 is 1.23 bits per heavy atom. The fraction of sp³-hybridized carbons (Fsp3) is 0.611. The van der Waals surface area contributed by atoms with Gasteiger partial charge in [0.25, 0.3) is 5.91 Å². The van der Waals surface area contributed by atoms with Crippen LogP contribution in [0.5, 0.6) is 0 Å². The van der Waals surface area contributed by atoms with Crippen LogP contribution >= 0.6 is 0 Å². The number of amides is 1. The normalized spacial score (nSPS) is 17.5. The van der Waals surface area contributed by atoms with Crippen molar-refractivity contribution in [3.05, 3.63) is 35.4 Å². The van der Waals surface area contributed by atoms with Crippen LogP contribution in [-0.2, 0) is 6.54 Å². The lowest BCUT2D eigenvalue weighted by Crippen LogP contribution is -2.40. The zero-order chi connectivity index (χ0) is 16.2. The van der Waals surface area contributed by atoms with Crippen LogP contribution in [0, 0.1) is 5.92 Å². The molecule has 1 saturated heterocycles. The highest BCUT2D eigenvalue weighted by Gasteiger charge is 2.19. The van der Waals surface area contributed by atoms with Crippen LogP contribution in [0.3, 0.4) is 0 Å². The Morgan fingerprint density at radius 3 is 2.32 bits per heavy atom. The molecule has 1 amide bonds. The van der Waals surface area contributed by atoms with E-state index >= 15 is 0 Å². The zero-order valence-corrected chi connectivity index (χ0v) is 13.9. The highest BCUT2D eigenvalue weighted by molar-refractivity contribution is 5.94. The lowest BCUT2D eigenvalue weighted by atomic mass is 9.97. The Balaban J connectivity index is 1.88. The van der Waals surface area contributed by atoms with Gasteiger partial charge in [0.1, 0.15) is 0 Å². The van der Waals surface area contributed by atoms with Crippen molar-refractivity contribution in [3.8, 4) is 0 Å². The molecule has 2 rings (SSSR count). The van der Waals surface area contributed by atoms with E-state index in [-0.39, 0.29) is 11.4 Å². The Morgan fingerprint density at radius 2 is 1.82 bits per heavy atom. The minimum atomic E-state index is -0.215. The smallest absolute Gasteiger partial charge is 0.251 e. The summed E-state index contributed by atoms with van der Waals surface area (Å²) in [5.41, 5.74) is 1.72. The molecule has 4 heteroatoms. The molecule has 0 aromatic heterocycles. The van der Waals surface area contributed by atoms with Gasteiger partial charge in [0.15, 0.2) is 0 Å². The van der Waals surface area contributed by atoms with Crippen LogP contribution in [0.1, 0.15) is 49.5 Å². The van der Waals surface area contributed by atoms with Crippen LogP contribution in [-0.4, -0.2) is 41.1 Å². The molecule has 0 atom stereocenters. The monoisotopic (exact) mass is 304 g/mol. The van der Waals surface area contributed by atoms with E-state index in [0.29, 0.717) is 18.1 Å². The van der Waals surface area contributed by atoms with Gasteiger partial charge in [0.05, 0.1) is 0 Å². The van der Waals surface area contributed by atoms with E-state index < -0.39 is 0 Å². The number of benzene rings is 1. The van der Waals surface area contributed by atoms with Crippen molar-refractivity contribution in [3.63, 3.8) is 0 Å². The minimum absolute atomic E-state index is 0.0252. The summed E-state index contributed by atoms with van der Waals surface area (Å²) >= 11 is 0. The van der Waals surface area contributed by atoms with Crippen molar-refractivity contribution in [2.75, 3.05) is 19.7 Å². The fourth-order valence-electron chi connectivity index (χ4n) is 2.76. The number of aliphatic hydroxyl groups is 1. The second kappa shape index (κ2) is 7.25. The van der Waals surface area contributed by atoms with Crippen molar-refractivity contribution < 1.29 is 9.90 Å². The van der Waals surface area contributed by atoms with Crippen LogP contribution in [0.15, 0.2) is 24.3 Å². The summed E-state index contributed by atoms with van der Waals surface area (Å²) in [6.07, 6.45) is 2.14. The lowest BCUT2D eigenvalue weighted by Gasteiger charge is -2.31. The molecule has 122 valence electrons. The molecule has 1 aromatic rings. The van der Waals surface area contributed by atoms with Crippen LogP contribution in [0.25, 0.3) is 0 Å². The number of carbonyl (C=O) groups excluding carboxylic acids is 1. The van der Waals surface area contributed by atoms with Crippen molar-refractivity contribution in [1.82, 2.24) is 10.2 Å². The minimum Gasteiger partial charge on any atom is -0.396 e. The third-order valence-corrected chi connectivity index (χ3v) is 4.08. The van der Waals surface area contributed by atoms with E-state index in [1.54, 1.807) is 0 Å². The second-order valence-electron chi connectivity index (χ2n) is 7.30. The second-order valence-corrected chi connectivity index (χ2v) is 7.30. The average molecular weight is 304 g/mol. The molecule has 0 unspecified atom stereocenters. The molecule has 1 fully saturated rings. The van der Waals surface area contributed by atoms with Crippen LogP contribution < -0.4 is 5.32 Å². The molecular formula is C18H28N2O2. The van der Waals surface area contributed by atoms with Gasteiger partial charge in [-0.1, -0.05) is 12.1 Å². The maximum absolute atomic E-state index is 12.1. The predicted molar refractivity (Wildman–Crippen MR) is 88.7 cm³/mol. The molecule has 0 aliphatic carbocycles. The van der Waals surface area contributed by atoms with E-state index in [9.17, 15) is 9.90 Å². The van der Waals surface area contributed by atoms with E-state index in [2.05, 4.69) is 10.2 Å². The topological polar surface area (TPSA) is 52.6 Å². The first-order valence-corrected chi connectivity index (χ1v) is 8.12. The number of nitrogens with one attached hydrogen (secondary N) is 1. The summed E-state index contributed by atoms with van der Waals surface area (Å²) in [7, 11) is 0. The highest BCUT2D eigenvalue weighted by atomic mass is 16.3. The first kappa shape index (κ1) is 17.0. The number of rotatable bonds is 4. The summed E-state index contributed by atoms with van der Waals surface area (Å²) in [5, 5.41) is 12.1. The number of carbonyl (C=O) groups is 1. The molecule has 22 heavy (non-hydrogen) atoms. The number of hydrogen-bond donors (Lipinski definition) is 2. The number of piperidine rings is 1. The van der Waals surface area contributed by atoms with Gasteiger partial charge in [-0.25, -0.2) is 0 Å². The Hall–Kier alpha value is -1.39. The third kappa shape index (κ3) is 5.11. The number of hydrogen-bond acceptors (Lipinski definition) is 3. The summed E-state index contributed by atoms with van der Waals surface area (Å²) < 4.78 is 0. The Labute approximate surface area is 133 Å². The molecule has 1 aliphatic rings. The van der Waals surface area contributed by atoms with Gasteiger partial charge in [-0.05, 0) is 70.3 Å².